The Balaban J connectivity index is 3.52. The van der Waals surface area contributed by atoms with Gasteiger partial charge >= 0.3 is 0 Å². The third-order valence-electron chi connectivity index (χ3n) is 14.3. The maximum Gasteiger partial charge on any atom is 0.220 e. The zero-order valence-corrected chi connectivity index (χ0v) is 44.9. The van der Waals surface area contributed by atoms with Crippen LogP contribution in [0.4, 0.5) is 0 Å². The summed E-state index contributed by atoms with van der Waals surface area (Å²) in [5.41, 5.74) is 0. The van der Waals surface area contributed by atoms with Crippen molar-refractivity contribution < 1.29 is 20.1 Å². The van der Waals surface area contributed by atoms with Gasteiger partial charge in [0.05, 0.1) is 18.8 Å². The molecule has 0 radical (unpaired) electrons. The molecule has 5 heteroatoms. The number of unbranched alkanes of at least 4 members (excludes halogenated alkanes) is 44. The van der Waals surface area contributed by atoms with Gasteiger partial charge < -0.3 is 20.6 Å². The minimum atomic E-state index is -1.16. The SMILES string of the molecule is CCCCCCCCCCCCCC/C=C\CCCCCCCCCCCCCCCCCC(=O)NC(CO)C(O)C(O)CCC/C=C/CCCCCCCCCCCCCCCCCC. The second-order valence-corrected chi connectivity index (χ2v) is 20.9. The number of hydrogen-bond donors (Lipinski definition) is 4. The van der Waals surface area contributed by atoms with Gasteiger partial charge in [0, 0.05) is 6.42 Å². The van der Waals surface area contributed by atoms with Crippen LogP contribution in [-0.2, 0) is 4.79 Å². The number of allylic oxidation sites excluding steroid dienone is 4. The average molecular weight is 931 g/mol. The van der Waals surface area contributed by atoms with Crippen molar-refractivity contribution in [3.8, 4) is 0 Å². The van der Waals surface area contributed by atoms with E-state index in [2.05, 4.69) is 43.5 Å². The molecule has 3 unspecified atom stereocenters. The van der Waals surface area contributed by atoms with Crippen LogP contribution in [0, 0.1) is 0 Å². The first-order chi connectivity index (χ1) is 32.6. The summed E-state index contributed by atoms with van der Waals surface area (Å²) in [6, 6.07) is -0.825. The molecule has 3 atom stereocenters. The number of hydrogen-bond acceptors (Lipinski definition) is 4. The predicted octanol–water partition coefficient (Wildman–Crippen LogP) is 18.8. The molecule has 0 aromatic carbocycles. The number of carbonyl (C=O) groups excluding carboxylic acids is 1. The standard InChI is InChI=1S/C61H119NO4/c1-3-5-7-9-11-13-15-17-19-21-23-25-26-27-28-29-30-31-32-33-34-36-38-40-42-44-46-48-50-52-54-56-60(65)62-58(57-63)61(66)59(64)55-53-51-49-47-45-43-41-39-37-35-24-22-20-18-16-14-12-10-8-6-4-2/h27-28,47,49,58-59,61,63-64,66H,3-26,29-46,48,50-57H2,1-2H3,(H,62,65)/b28-27-,49-47+. The summed E-state index contributed by atoms with van der Waals surface area (Å²) in [6.45, 7) is 4.21. The van der Waals surface area contributed by atoms with Gasteiger partial charge in [-0.2, -0.15) is 0 Å². The summed E-state index contributed by atoms with van der Waals surface area (Å²) < 4.78 is 0. The van der Waals surface area contributed by atoms with Crippen molar-refractivity contribution in [1.29, 1.82) is 0 Å². The van der Waals surface area contributed by atoms with E-state index in [1.165, 1.54) is 270 Å². The van der Waals surface area contributed by atoms with E-state index in [1.54, 1.807) is 0 Å². The fourth-order valence-electron chi connectivity index (χ4n) is 9.63. The zero-order valence-electron chi connectivity index (χ0n) is 44.9. The normalized spacial score (nSPS) is 13.3. The Hall–Kier alpha value is -1.17. The van der Waals surface area contributed by atoms with Crippen LogP contribution in [0.15, 0.2) is 24.3 Å². The highest BCUT2D eigenvalue weighted by Crippen LogP contribution is 2.18. The molecule has 0 bridgehead atoms. The summed E-state index contributed by atoms with van der Waals surface area (Å²) in [6.07, 6.45) is 72.1. The maximum atomic E-state index is 12.5. The molecule has 0 aliphatic carbocycles. The molecule has 0 aliphatic heterocycles. The molecule has 0 aromatic heterocycles. The Kier molecular flexibility index (Phi) is 55.4. The van der Waals surface area contributed by atoms with Crippen LogP contribution in [0.2, 0.25) is 0 Å². The number of amides is 1. The van der Waals surface area contributed by atoms with Gasteiger partial charge in [0.15, 0.2) is 0 Å². The van der Waals surface area contributed by atoms with Gasteiger partial charge in [0.25, 0.3) is 0 Å². The van der Waals surface area contributed by atoms with E-state index in [4.69, 9.17) is 0 Å². The van der Waals surface area contributed by atoms with E-state index < -0.39 is 18.2 Å². The van der Waals surface area contributed by atoms with Crippen molar-refractivity contribution in [2.45, 2.75) is 353 Å². The Morgan fingerprint density at radius 1 is 0.364 bits per heavy atom. The summed E-state index contributed by atoms with van der Waals surface area (Å²) in [5, 5.41) is 33.8. The monoisotopic (exact) mass is 930 g/mol. The first kappa shape index (κ1) is 64.8. The lowest BCUT2D eigenvalue weighted by Gasteiger charge is -2.26. The van der Waals surface area contributed by atoms with Crippen LogP contribution >= 0.6 is 0 Å². The Bertz CT molecular complexity index is 982. The van der Waals surface area contributed by atoms with Gasteiger partial charge in [-0.15, -0.1) is 0 Å². The van der Waals surface area contributed by atoms with Crippen LogP contribution in [0.25, 0.3) is 0 Å². The molecule has 0 aromatic rings. The van der Waals surface area contributed by atoms with Crippen molar-refractivity contribution in [2.24, 2.45) is 0 Å². The zero-order chi connectivity index (χ0) is 47.9. The quantitative estimate of drug-likeness (QED) is 0.0361. The van der Waals surface area contributed by atoms with E-state index in [0.717, 1.165) is 38.5 Å². The highest BCUT2D eigenvalue weighted by molar-refractivity contribution is 5.76. The van der Waals surface area contributed by atoms with Crippen molar-refractivity contribution in [3.63, 3.8) is 0 Å². The number of carbonyl (C=O) groups is 1. The van der Waals surface area contributed by atoms with Gasteiger partial charge in [-0.25, -0.2) is 0 Å². The average Bonchev–Trinajstić information content (AvgIpc) is 3.32. The molecule has 0 aliphatic rings. The number of rotatable bonds is 56. The Morgan fingerprint density at radius 3 is 0.879 bits per heavy atom. The van der Waals surface area contributed by atoms with Crippen LogP contribution in [-0.4, -0.2) is 46.1 Å². The molecule has 0 fully saturated rings. The van der Waals surface area contributed by atoms with Crippen LogP contribution in [0.1, 0.15) is 335 Å². The Labute approximate surface area is 413 Å². The topological polar surface area (TPSA) is 89.8 Å². The molecule has 0 saturated heterocycles. The number of aliphatic hydroxyl groups is 3. The summed E-state index contributed by atoms with van der Waals surface area (Å²) in [7, 11) is 0. The lowest BCUT2D eigenvalue weighted by molar-refractivity contribution is -0.124. The first-order valence-corrected chi connectivity index (χ1v) is 30.1. The van der Waals surface area contributed by atoms with E-state index in [0.29, 0.717) is 12.8 Å². The van der Waals surface area contributed by atoms with E-state index in [9.17, 15) is 20.1 Å². The van der Waals surface area contributed by atoms with Gasteiger partial charge in [-0.05, 0) is 64.2 Å². The summed E-state index contributed by atoms with van der Waals surface area (Å²) in [5.74, 6) is -0.148. The van der Waals surface area contributed by atoms with Crippen LogP contribution in [0.5, 0.6) is 0 Å². The Morgan fingerprint density at radius 2 is 0.606 bits per heavy atom. The third-order valence-corrected chi connectivity index (χ3v) is 14.3. The van der Waals surface area contributed by atoms with Gasteiger partial charge in [0.2, 0.25) is 5.91 Å². The van der Waals surface area contributed by atoms with Crippen LogP contribution < -0.4 is 5.32 Å². The molecule has 5 nitrogen and oxygen atoms in total. The minimum absolute atomic E-state index is 0.148. The highest BCUT2D eigenvalue weighted by atomic mass is 16.3. The van der Waals surface area contributed by atoms with Crippen molar-refractivity contribution >= 4 is 5.91 Å². The van der Waals surface area contributed by atoms with E-state index in [1.807, 2.05) is 0 Å². The molecule has 392 valence electrons. The van der Waals surface area contributed by atoms with E-state index >= 15 is 0 Å². The lowest BCUT2D eigenvalue weighted by Crippen LogP contribution is -2.50. The molecule has 0 rings (SSSR count). The largest absolute Gasteiger partial charge is 0.394 e. The molecule has 0 saturated carbocycles. The number of nitrogens with one attached hydrogen (secondary N) is 1. The van der Waals surface area contributed by atoms with Gasteiger partial charge in [-0.1, -0.05) is 289 Å². The molecule has 0 heterocycles. The smallest absolute Gasteiger partial charge is 0.220 e. The van der Waals surface area contributed by atoms with Gasteiger partial charge in [0.1, 0.15) is 6.10 Å². The van der Waals surface area contributed by atoms with E-state index in [-0.39, 0.29) is 12.5 Å². The fraction of sp³-hybridized carbons (Fsp3) is 0.918. The minimum Gasteiger partial charge on any atom is -0.394 e. The second kappa shape index (κ2) is 56.4. The van der Waals surface area contributed by atoms with Gasteiger partial charge in [-0.3, -0.25) is 4.79 Å². The summed E-state index contributed by atoms with van der Waals surface area (Å²) >= 11 is 0. The molecular weight excluding hydrogens is 811 g/mol. The first-order valence-electron chi connectivity index (χ1n) is 30.1. The lowest BCUT2D eigenvalue weighted by atomic mass is 10.0. The molecule has 1 amide bonds. The predicted molar refractivity (Wildman–Crippen MR) is 292 cm³/mol. The molecule has 66 heavy (non-hydrogen) atoms. The van der Waals surface area contributed by atoms with Crippen molar-refractivity contribution in [3.05, 3.63) is 24.3 Å². The highest BCUT2D eigenvalue weighted by Gasteiger charge is 2.26. The maximum absolute atomic E-state index is 12.5. The fourth-order valence-corrected chi connectivity index (χ4v) is 9.63. The van der Waals surface area contributed by atoms with Crippen molar-refractivity contribution in [1.82, 2.24) is 5.32 Å². The van der Waals surface area contributed by atoms with Crippen LogP contribution in [0.3, 0.4) is 0 Å². The second-order valence-electron chi connectivity index (χ2n) is 20.9. The molecule has 0 spiro atoms. The summed E-state index contributed by atoms with van der Waals surface area (Å²) in [4.78, 5) is 12.5. The third kappa shape index (κ3) is 50.7. The molecular formula is C61H119NO4. The molecule has 4 N–H and O–H groups in total. The van der Waals surface area contributed by atoms with Crippen molar-refractivity contribution in [2.75, 3.05) is 6.61 Å². The number of aliphatic hydroxyl groups excluding tert-OH is 3.